The number of aromatic nitrogens is 3. The lowest BCUT2D eigenvalue weighted by atomic mass is 10.0. The third-order valence-electron chi connectivity index (χ3n) is 4.45. The molecule has 154 valence electrons. The van der Waals surface area contributed by atoms with E-state index in [9.17, 15) is 22.4 Å². The van der Waals surface area contributed by atoms with Crippen molar-refractivity contribution in [1.82, 2.24) is 14.8 Å². The number of fused-ring (bicyclic) bond motifs is 1. The Bertz CT molecular complexity index is 1120. The van der Waals surface area contributed by atoms with E-state index in [1.807, 2.05) is 0 Å². The molecule has 30 heavy (non-hydrogen) atoms. The lowest BCUT2D eigenvalue weighted by Crippen LogP contribution is -2.20. The number of hydrogen-bond acceptors (Lipinski definition) is 4. The van der Waals surface area contributed by atoms with E-state index in [4.69, 9.17) is 0 Å². The van der Waals surface area contributed by atoms with Crippen molar-refractivity contribution in [3.63, 3.8) is 0 Å². The molecule has 0 saturated carbocycles. The summed E-state index contributed by atoms with van der Waals surface area (Å²) in [4.78, 5) is 14.8. The van der Waals surface area contributed by atoms with Gasteiger partial charge in [-0.15, -0.1) is 5.10 Å². The molecule has 0 radical (unpaired) electrons. The molecular formula is C20H15F4N5O. The highest BCUT2D eigenvalue weighted by Gasteiger charge is 2.39. The number of allylic oxidation sites excluding steroid dienone is 1. The van der Waals surface area contributed by atoms with E-state index in [2.05, 4.69) is 20.7 Å². The van der Waals surface area contributed by atoms with Gasteiger partial charge >= 0.3 is 6.18 Å². The number of nitrogens with zero attached hydrogens (tertiary/aromatic N) is 3. The number of carbonyl (C=O) groups is 1. The predicted molar refractivity (Wildman–Crippen MR) is 102 cm³/mol. The summed E-state index contributed by atoms with van der Waals surface area (Å²) in [7, 11) is 0. The Balaban J connectivity index is 1.78. The van der Waals surface area contributed by atoms with E-state index in [0.717, 1.165) is 4.68 Å². The topological polar surface area (TPSA) is 71.8 Å². The number of benzene rings is 2. The average molecular weight is 417 g/mol. The lowest BCUT2D eigenvalue weighted by molar-refractivity contribution is -0.145. The van der Waals surface area contributed by atoms with Gasteiger partial charge in [-0.2, -0.15) is 18.2 Å². The molecule has 0 fully saturated rings. The average Bonchev–Trinajstić information content (AvgIpc) is 3.13. The van der Waals surface area contributed by atoms with Crippen molar-refractivity contribution in [3.05, 3.63) is 77.4 Å². The molecule has 0 aliphatic carbocycles. The molecule has 3 aromatic rings. The van der Waals surface area contributed by atoms with Gasteiger partial charge < -0.3 is 10.6 Å². The number of rotatable bonds is 3. The zero-order valence-corrected chi connectivity index (χ0v) is 15.5. The maximum atomic E-state index is 13.3. The van der Waals surface area contributed by atoms with Crippen LogP contribution in [0.3, 0.4) is 0 Å². The minimum absolute atomic E-state index is 0.0833. The van der Waals surface area contributed by atoms with Crippen LogP contribution in [0.2, 0.25) is 0 Å². The number of carbonyl (C=O) groups excluding carboxylic acids is 1. The second-order valence-electron chi connectivity index (χ2n) is 6.66. The second kappa shape index (κ2) is 7.29. The Labute approximate surface area is 168 Å². The van der Waals surface area contributed by atoms with Crippen molar-refractivity contribution in [2.45, 2.75) is 19.1 Å². The number of alkyl halides is 3. The second-order valence-corrected chi connectivity index (χ2v) is 6.66. The minimum Gasteiger partial charge on any atom is -0.326 e. The van der Waals surface area contributed by atoms with Gasteiger partial charge in [0.2, 0.25) is 11.9 Å². The quantitative estimate of drug-likeness (QED) is 0.618. The van der Waals surface area contributed by atoms with Gasteiger partial charge in [0.25, 0.3) is 5.82 Å². The minimum atomic E-state index is -4.71. The summed E-state index contributed by atoms with van der Waals surface area (Å²) in [6, 6.07) is 11.5. The molecule has 6 nitrogen and oxygen atoms in total. The Morgan fingerprint density at radius 1 is 1.10 bits per heavy atom. The monoisotopic (exact) mass is 417 g/mol. The first-order valence-corrected chi connectivity index (χ1v) is 8.87. The SMILES string of the molecule is CC(=O)Nc1ccc(C2C=C(c3ccc(F)cc3)Nc3nc(C(F)(F)F)nn32)cc1. The van der Waals surface area contributed by atoms with Gasteiger partial charge in [0, 0.05) is 18.3 Å². The van der Waals surface area contributed by atoms with Crippen LogP contribution in [-0.4, -0.2) is 20.7 Å². The molecule has 0 saturated heterocycles. The number of amides is 1. The van der Waals surface area contributed by atoms with E-state index in [0.29, 0.717) is 22.5 Å². The summed E-state index contributed by atoms with van der Waals surface area (Å²) >= 11 is 0. The standard InChI is InChI=1S/C20H15F4N5O/c1-11(30)25-15-8-4-13(5-9-15)17-10-16(12-2-6-14(21)7-3-12)26-19-27-18(20(22,23)24)28-29(17)19/h2-10,17H,1H3,(H,25,30)(H,26,27,28). The number of nitrogens with one attached hydrogen (secondary N) is 2. The lowest BCUT2D eigenvalue weighted by Gasteiger charge is -2.24. The number of halogens is 4. The van der Waals surface area contributed by atoms with Gasteiger partial charge in [0.05, 0.1) is 0 Å². The summed E-state index contributed by atoms with van der Waals surface area (Å²) in [5.41, 5.74) is 2.24. The summed E-state index contributed by atoms with van der Waals surface area (Å²) < 4.78 is 54.0. The third kappa shape index (κ3) is 3.88. The molecule has 0 spiro atoms. The normalized spacial score (nSPS) is 15.8. The molecule has 1 atom stereocenters. The molecule has 2 N–H and O–H groups in total. The Hall–Kier alpha value is -3.69. The van der Waals surface area contributed by atoms with Crippen LogP contribution >= 0.6 is 0 Å². The van der Waals surface area contributed by atoms with Crippen LogP contribution in [0.4, 0.5) is 29.2 Å². The zero-order valence-electron chi connectivity index (χ0n) is 15.5. The summed E-state index contributed by atoms with van der Waals surface area (Å²) in [5, 5.41) is 9.10. The highest BCUT2D eigenvalue weighted by Crippen LogP contribution is 2.36. The van der Waals surface area contributed by atoms with Crippen molar-refractivity contribution in [1.29, 1.82) is 0 Å². The Kier molecular flexibility index (Phi) is 4.76. The molecule has 1 aliphatic rings. The van der Waals surface area contributed by atoms with Crippen LogP contribution in [-0.2, 0) is 11.0 Å². The molecule has 1 amide bonds. The summed E-state index contributed by atoms with van der Waals surface area (Å²) in [6.45, 7) is 1.37. The van der Waals surface area contributed by atoms with E-state index >= 15 is 0 Å². The van der Waals surface area contributed by atoms with E-state index in [1.165, 1.54) is 31.2 Å². The van der Waals surface area contributed by atoms with Gasteiger partial charge in [-0.1, -0.05) is 12.1 Å². The molecular weight excluding hydrogens is 402 g/mol. The van der Waals surface area contributed by atoms with E-state index < -0.39 is 23.9 Å². The zero-order chi connectivity index (χ0) is 21.5. The predicted octanol–water partition coefficient (Wildman–Crippen LogP) is 4.45. The van der Waals surface area contributed by atoms with Gasteiger partial charge in [0.1, 0.15) is 11.9 Å². The fourth-order valence-electron chi connectivity index (χ4n) is 3.12. The molecule has 1 aliphatic heterocycles. The van der Waals surface area contributed by atoms with Gasteiger partial charge in [-0.3, -0.25) is 4.79 Å². The van der Waals surface area contributed by atoms with Crippen LogP contribution in [0.1, 0.15) is 29.9 Å². The molecule has 2 aromatic carbocycles. The molecule has 1 unspecified atom stereocenters. The first-order chi connectivity index (χ1) is 14.2. The van der Waals surface area contributed by atoms with Crippen LogP contribution in [0.15, 0.2) is 54.6 Å². The van der Waals surface area contributed by atoms with Crippen molar-refractivity contribution in [2.24, 2.45) is 0 Å². The number of hydrogen-bond donors (Lipinski definition) is 2. The van der Waals surface area contributed by atoms with Gasteiger partial charge in [-0.05, 0) is 53.6 Å². The highest BCUT2D eigenvalue weighted by atomic mass is 19.4. The fourth-order valence-corrected chi connectivity index (χ4v) is 3.12. The molecule has 1 aromatic heterocycles. The van der Waals surface area contributed by atoms with Crippen LogP contribution in [0.25, 0.3) is 5.70 Å². The molecule has 2 heterocycles. The number of anilines is 2. The van der Waals surface area contributed by atoms with E-state index in [1.54, 1.807) is 30.3 Å². The maximum Gasteiger partial charge on any atom is 0.453 e. The highest BCUT2D eigenvalue weighted by molar-refractivity contribution is 5.88. The third-order valence-corrected chi connectivity index (χ3v) is 4.45. The van der Waals surface area contributed by atoms with Crippen molar-refractivity contribution in [2.75, 3.05) is 10.6 Å². The summed E-state index contributed by atoms with van der Waals surface area (Å²) in [5.74, 6) is -2.02. The van der Waals surface area contributed by atoms with E-state index in [-0.39, 0.29) is 11.9 Å². The molecule has 0 bridgehead atoms. The van der Waals surface area contributed by atoms with Crippen LogP contribution in [0, 0.1) is 5.82 Å². The Morgan fingerprint density at radius 2 is 1.77 bits per heavy atom. The van der Waals surface area contributed by atoms with Crippen molar-refractivity contribution >= 4 is 23.2 Å². The van der Waals surface area contributed by atoms with Crippen molar-refractivity contribution < 1.29 is 22.4 Å². The Morgan fingerprint density at radius 3 is 2.37 bits per heavy atom. The van der Waals surface area contributed by atoms with Crippen molar-refractivity contribution in [3.8, 4) is 0 Å². The van der Waals surface area contributed by atoms with Gasteiger partial charge in [0.15, 0.2) is 0 Å². The van der Waals surface area contributed by atoms with Crippen LogP contribution < -0.4 is 10.6 Å². The summed E-state index contributed by atoms with van der Waals surface area (Å²) in [6.07, 6.45) is -3.02. The first-order valence-electron chi connectivity index (χ1n) is 8.87. The smallest absolute Gasteiger partial charge is 0.326 e. The largest absolute Gasteiger partial charge is 0.453 e. The van der Waals surface area contributed by atoms with Gasteiger partial charge in [-0.25, -0.2) is 9.07 Å². The van der Waals surface area contributed by atoms with Crippen LogP contribution in [0.5, 0.6) is 0 Å². The first kappa shape index (κ1) is 19.6. The molecule has 10 heteroatoms. The molecule has 4 rings (SSSR count). The fraction of sp³-hybridized carbons (Fsp3) is 0.150. The maximum absolute atomic E-state index is 13.3.